The highest BCUT2D eigenvalue weighted by molar-refractivity contribution is 5.26. The highest BCUT2D eigenvalue weighted by atomic mass is 16.3. The minimum absolute atomic E-state index is 0.327. The predicted molar refractivity (Wildman–Crippen MR) is 43.4 cm³/mol. The van der Waals surface area contributed by atoms with Crippen LogP contribution in [0.15, 0.2) is 48.7 Å². The van der Waals surface area contributed by atoms with Gasteiger partial charge in [0.25, 0.3) is 0 Å². The number of allylic oxidation sites excluding steroid dienone is 3. The van der Waals surface area contributed by atoms with Crippen molar-refractivity contribution < 1.29 is 15.3 Å². The van der Waals surface area contributed by atoms with Crippen molar-refractivity contribution in [2.75, 3.05) is 0 Å². The fourth-order valence-electron chi connectivity index (χ4n) is 0.429. The Morgan fingerprint density at radius 3 is 2.00 bits per heavy atom. The van der Waals surface area contributed by atoms with Gasteiger partial charge in [0.2, 0.25) is 0 Å². The second-order valence-corrected chi connectivity index (χ2v) is 1.81. The molecule has 0 aliphatic rings. The molecule has 0 aromatic rings. The van der Waals surface area contributed by atoms with Crippen molar-refractivity contribution in [3.63, 3.8) is 0 Å². The molecule has 0 radical (unpaired) electrons. The lowest BCUT2D eigenvalue weighted by Gasteiger charge is -1.95. The van der Waals surface area contributed by atoms with Gasteiger partial charge in [-0.25, -0.2) is 0 Å². The Bertz CT molecular complexity index is 223. The highest BCUT2D eigenvalue weighted by Crippen LogP contribution is 2.04. The first-order chi connectivity index (χ1) is 5.07. The SMILES string of the molecule is C=C/C=C(O)\C(O)=C/C(=C)O. The average molecular weight is 154 g/mol. The van der Waals surface area contributed by atoms with E-state index in [0.29, 0.717) is 0 Å². The first-order valence-electron chi connectivity index (χ1n) is 2.88. The predicted octanol–water partition coefficient (Wildman–Crippen LogP) is 2.13. The molecular weight excluding hydrogens is 144 g/mol. The molecule has 0 spiro atoms. The van der Waals surface area contributed by atoms with Gasteiger partial charge in [-0.15, -0.1) is 0 Å². The molecule has 0 heterocycles. The largest absolute Gasteiger partial charge is 0.508 e. The van der Waals surface area contributed by atoms with E-state index in [9.17, 15) is 0 Å². The number of hydrogen-bond donors (Lipinski definition) is 3. The summed E-state index contributed by atoms with van der Waals surface area (Å²) in [4.78, 5) is 0. The summed E-state index contributed by atoms with van der Waals surface area (Å²) in [7, 11) is 0. The van der Waals surface area contributed by atoms with Gasteiger partial charge in [-0.3, -0.25) is 0 Å². The molecule has 60 valence electrons. The van der Waals surface area contributed by atoms with Crippen LogP contribution in [-0.4, -0.2) is 15.3 Å². The molecule has 0 rings (SSSR count). The maximum atomic E-state index is 8.89. The van der Waals surface area contributed by atoms with Crippen LogP contribution in [-0.2, 0) is 0 Å². The second kappa shape index (κ2) is 4.22. The summed E-state index contributed by atoms with van der Waals surface area (Å²) in [5.74, 6) is -1.14. The van der Waals surface area contributed by atoms with Crippen molar-refractivity contribution in [2.45, 2.75) is 0 Å². The molecule has 0 aromatic heterocycles. The van der Waals surface area contributed by atoms with E-state index in [1.807, 2.05) is 0 Å². The van der Waals surface area contributed by atoms with Crippen molar-refractivity contribution in [2.24, 2.45) is 0 Å². The lowest BCUT2D eigenvalue weighted by molar-refractivity contribution is 0.322. The smallest absolute Gasteiger partial charge is 0.161 e. The highest BCUT2D eigenvalue weighted by Gasteiger charge is 1.97. The molecule has 3 N–H and O–H groups in total. The normalized spacial score (nSPS) is 12.7. The molecule has 0 aliphatic heterocycles. The van der Waals surface area contributed by atoms with E-state index < -0.39 is 5.76 Å². The Morgan fingerprint density at radius 1 is 1.09 bits per heavy atom. The minimum Gasteiger partial charge on any atom is -0.508 e. The fourth-order valence-corrected chi connectivity index (χ4v) is 0.429. The van der Waals surface area contributed by atoms with E-state index in [2.05, 4.69) is 13.2 Å². The summed E-state index contributed by atoms with van der Waals surface area (Å²) >= 11 is 0. The van der Waals surface area contributed by atoms with Gasteiger partial charge in [-0.2, -0.15) is 0 Å². The number of aliphatic hydroxyl groups excluding tert-OH is 3. The molecule has 3 heteroatoms. The molecule has 0 saturated heterocycles. The summed E-state index contributed by atoms with van der Waals surface area (Å²) in [6.07, 6.45) is 3.42. The van der Waals surface area contributed by atoms with Gasteiger partial charge in [-0.05, 0) is 6.08 Å². The van der Waals surface area contributed by atoms with E-state index in [0.717, 1.165) is 6.08 Å². The Balaban J connectivity index is 4.47. The molecule has 0 aromatic carbocycles. The van der Waals surface area contributed by atoms with Gasteiger partial charge in [0, 0.05) is 6.08 Å². The summed E-state index contributed by atoms with van der Waals surface area (Å²) in [6.45, 7) is 6.40. The van der Waals surface area contributed by atoms with Crippen LogP contribution in [0.2, 0.25) is 0 Å². The van der Waals surface area contributed by atoms with E-state index in [1.54, 1.807) is 0 Å². The van der Waals surface area contributed by atoms with Gasteiger partial charge in [0.1, 0.15) is 5.76 Å². The third-order valence-electron chi connectivity index (χ3n) is 0.841. The van der Waals surface area contributed by atoms with Crippen molar-refractivity contribution in [3.05, 3.63) is 48.7 Å². The average Bonchev–Trinajstić information content (AvgIpc) is 1.86. The molecule has 0 bridgehead atoms. The Labute approximate surface area is 64.9 Å². The van der Waals surface area contributed by atoms with Crippen molar-refractivity contribution in [3.8, 4) is 0 Å². The van der Waals surface area contributed by atoms with Crippen molar-refractivity contribution in [1.82, 2.24) is 0 Å². The molecule has 0 fully saturated rings. The number of hydrogen-bond acceptors (Lipinski definition) is 3. The number of rotatable bonds is 3. The van der Waals surface area contributed by atoms with Crippen LogP contribution >= 0.6 is 0 Å². The molecule has 11 heavy (non-hydrogen) atoms. The van der Waals surface area contributed by atoms with Crippen LogP contribution in [0.4, 0.5) is 0 Å². The quantitative estimate of drug-likeness (QED) is 0.431. The zero-order valence-electron chi connectivity index (χ0n) is 5.99. The van der Waals surface area contributed by atoms with Crippen LogP contribution in [0, 0.1) is 0 Å². The minimum atomic E-state index is -0.447. The number of aliphatic hydroxyl groups is 3. The zero-order chi connectivity index (χ0) is 8.85. The van der Waals surface area contributed by atoms with Crippen LogP contribution in [0.25, 0.3) is 0 Å². The zero-order valence-corrected chi connectivity index (χ0v) is 5.99. The first-order valence-corrected chi connectivity index (χ1v) is 2.88. The van der Waals surface area contributed by atoms with E-state index >= 15 is 0 Å². The molecule has 0 unspecified atom stereocenters. The van der Waals surface area contributed by atoms with Gasteiger partial charge in [0.15, 0.2) is 11.5 Å². The topological polar surface area (TPSA) is 60.7 Å². The van der Waals surface area contributed by atoms with E-state index in [-0.39, 0.29) is 11.5 Å². The summed E-state index contributed by atoms with van der Waals surface area (Å²) < 4.78 is 0. The summed E-state index contributed by atoms with van der Waals surface area (Å²) in [6, 6.07) is 0. The van der Waals surface area contributed by atoms with E-state index in [4.69, 9.17) is 15.3 Å². The van der Waals surface area contributed by atoms with Crippen LogP contribution in [0.3, 0.4) is 0 Å². The third kappa shape index (κ3) is 3.86. The van der Waals surface area contributed by atoms with E-state index in [1.165, 1.54) is 12.2 Å². The standard InChI is InChI=1S/C8H10O3/c1-3-4-7(10)8(11)5-6(2)9/h3-5,9-11H,1-2H2/b7-4+,8-5+. The lowest BCUT2D eigenvalue weighted by atomic mass is 10.3. The summed E-state index contributed by atoms with van der Waals surface area (Å²) in [5, 5.41) is 26.3. The lowest BCUT2D eigenvalue weighted by Crippen LogP contribution is -1.87. The van der Waals surface area contributed by atoms with Crippen molar-refractivity contribution in [1.29, 1.82) is 0 Å². The van der Waals surface area contributed by atoms with Crippen molar-refractivity contribution >= 4 is 0 Å². The fraction of sp³-hybridized carbons (Fsp3) is 0. The Hall–Kier alpha value is -1.64. The maximum Gasteiger partial charge on any atom is 0.161 e. The maximum absolute atomic E-state index is 8.89. The molecule has 3 nitrogen and oxygen atoms in total. The Kier molecular flexibility index (Phi) is 3.59. The molecular formula is C8H10O3. The molecule has 0 aliphatic carbocycles. The Morgan fingerprint density at radius 2 is 1.64 bits per heavy atom. The van der Waals surface area contributed by atoms with Crippen LogP contribution in [0.5, 0.6) is 0 Å². The first kappa shape index (κ1) is 9.36. The van der Waals surface area contributed by atoms with Gasteiger partial charge in [0.05, 0.1) is 0 Å². The second-order valence-electron chi connectivity index (χ2n) is 1.81. The third-order valence-corrected chi connectivity index (χ3v) is 0.841. The van der Waals surface area contributed by atoms with Gasteiger partial charge in [-0.1, -0.05) is 19.2 Å². The van der Waals surface area contributed by atoms with Crippen LogP contribution < -0.4 is 0 Å². The molecule has 0 saturated carbocycles. The molecule has 0 amide bonds. The van der Waals surface area contributed by atoms with Crippen LogP contribution in [0.1, 0.15) is 0 Å². The summed E-state index contributed by atoms with van der Waals surface area (Å²) in [5.41, 5.74) is 0. The monoisotopic (exact) mass is 154 g/mol. The van der Waals surface area contributed by atoms with Gasteiger partial charge < -0.3 is 15.3 Å². The molecule has 0 atom stereocenters. The van der Waals surface area contributed by atoms with Gasteiger partial charge >= 0.3 is 0 Å².